The molecule has 0 aliphatic carbocycles. The molecule has 0 unspecified atom stereocenters. The van der Waals surface area contributed by atoms with Crippen molar-refractivity contribution in [1.82, 2.24) is 0 Å². The van der Waals surface area contributed by atoms with Gasteiger partial charge in [0.1, 0.15) is 0 Å². The molecule has 0 aromatic carbocycles. The summed E-state index contributed by atoms with van der Waals surface area (Å²) in [4.78, 5) is 0. The van der Waals surface area contributed by atoms with Gasteiger partial charge in [0.15, 0.2) is 0 Å². The van der Waals surface area contributed by atoms with E-state index >= 15 is 0 Å². The van der Waals surface area contributed by atoms with Gasteiger partial charge in [-0.25, -0.2) is 0 Å². The van der Waals surface area contributed by atoms with Crippen LogP contribution in [-0.2, 0) is 10.4 Å². The number of halogens is 2. The van der Waals surface area contributed by atoms with Crippen LogP contribution in [0.3, 0.4) is 0 Å². The van der Waals surface area contributed by atoms with Crippen LogP contribution in [0.4, 0.5) is 0 Å². The van der Waals surface area contributed by atoms with Gasteiger partial charge >= 0.3 is 48.1 Å². The summed E-state index contributed by atoms with van der Waals surface area (Å²) in [5.74, 6) is 0. The van der Waals surface area contributed by atoms with Crippen LogP contribution in [0.25, 0.3) is 0 Å². The minimum absolute atomic E-state index is 0. The molecule has 0 rings (SSSR count). The topological polar surface area (TPSA) is 138 Å². The van der Waals surface area contributed by atoms with Crippen LogP contribution < -0.4 is 0 Å². The largest absolute Gasteiger partial charge is 2.00 e. The second-order valence-corrected chi connectivity index (χ2v) is 4.46. The fourth-order valence-electron chi connectivity index (χ4n) is 1.21. The summed E-state index contributed by atoms with van der Waals surface area (Å²) in [6.07, 6.45) is 11.5. The molecule has 0 amide bonds. The third kappa shape index (κ3) is 91.5. The van der Waals surface area contributed by atoms with Gasteiger partial charge in [-0.1, -0.05) is 65.2 Å². The normalized spacial score (nSPS) is 8.00. The van der Waals surface area contributed by atoms with E-state index in [1.807, 2.05) is 0 Å². The summed E-state index contributed by atoms with van der Waals surface area (Å²) in [6.45, 7) is 4.54. The van der Waals surface area contributed by atoms with Crippen molar-refractivity contribution in [2.75, 3.05) is 0 Å². The Morgan fingerprint density at radius 1 is 0.750 bits per heavy atom. The minimum Gasteiger partial charge on any atom is -1.00 e. The summed E-state index contributed by atoms with van der Waals surface area (Å²) < 4.78 is 31.6. The van der Waals surface area contributed by atoms with Crippen molar-refractivity contribution >= 4 is 73.0 Å². The molecule has 0 heterocycles. The number of rotatable bonds is 7. The molecule has 0 aliphatic rings. The Morgan fingerprint density at radius 2 is 0.900 bits per heavy atom. The van der Waals surface area contributed by atoms with Crippen molar-refractivity contribution in [3.8, 4) is 0 Å². The Bertz CT molecular complexity index is 211. The van der Waals surface area contributed by atoms with Gasteiger partial charge in [-0.2, -0.15) is 8.42 Å². The fraction of sp³-hybridized carbons (Fsp3) is 1.00. The van der Waals surface area contributed by atoms with E-state index in [2.05, 4.69) is 13.8 Å². The first-order chi connectivity index (χ1) is 6.91. The van der Waals surface area contributed by atoms with Crippen LogP contribution in [0.15, 0.2) is 0 Å². The van der Waals surface area contributed by atoms with Crippen molar-refractivity contribution in [2.24, 2.45) is 0 Å². The molecule has 0 aromatic heterocycles. The van der Waals surface area contributed by atoms with E-state index in [1.54, 1.807) is 0 Å². The summed E-state index contributed by atoms with van der Waals surface area (Å²) in [7, 11) is -4.67. The molecule has 20 heavy (non-hydrogen) atoms. The molecule has 10 heteroatoms. The van der Waals surface area contributed by atoms with Crippen LogP contribution >= 0.6 is 24.8 Å². The van der Waals surface area contributed by atoms with Gasteiger partial charge in [0.05, 0.1) is 0 Å². The maximum absolute atomic E-state index is 8.74. The Hall–Kier alpha value is 1.63. The minimum atomic E-state index is -4.67. The van der Waals surface area contributed by atoms with Crippen LogP contribution in [0.2, 0.25) is 0 Å². The first-order valence-electron chi connectivity index (χ1n) is 5.61. The van der Waals surface area contributed by atoms with Crippen LogP contribution in [0, 0.1) is 0 Å². The Labute approximate surface area is 168 Å². The van der Waals surface area contributed by atoms with E-state index in [1.165, 1.54) is 51.4 Å². The predicted octanol–water partition coefficient (Wildman–Crippen LogP) is 2.53. The third-order valence-corrected chi connectivity index (χ3v) is 1.96. The number of unbranched alkanes of at least 4 members (excludes halogenated alkanes) is 7. The summed E-state index contributed by atoms with van der Waals surface area (Å²) in [5, 5.41) is 0. The molecule has 0 radical (unpaired) electrons. The number of hydrogen-bond acceptors (Lipinski definition) is 2. The predicted molar refractivity (Wildman–Crippen MR) is 92.2 cm³/mol. The Morgan fingerprint density at radius 3 is 1.05 bits per heavy atom. The van der Waals surface area contributed by atoms with Gasteiger partial charge in [0, 0.05) is 0 Å². The van der Waals surface area contributed by atoms with E-state index in [9.17, 15) is 0 Å². The summed E-state index contributed by atoms with van der Waals surface area (Å²) in [6, 6.07) is 0. The maximum atomic E-state index is 8.74. The van der Waals surface area contributed by atoms with Crippen LogP contribution in [0.5, 0.6) is 0 Å². The van der Waals surface area contributed by atoms with Gasteiger partial charge in [-0.3, -0.25) is 9.11 Å². The van der Waals surface area contributed by atoms with Gasteiger partial charge in [-0.15, -0.1) is 24.8 Å². The summed E-state index contributed by atoms with van der Waals surface area (Å²) in [5.41, 5.74) is 0. The SMILES string of the molecule is CCCCCCCCCC.Cl.Cl.O.O.O=S(=O)(O)O.[Ca+2].[H-].[H-]. The second-order valence-electron chi connectivity index (χ2n) is 3.57. The Kier molecular flexibility index (Phi) is 70.0. The molecule has 0 fully saturated rings. The van der Waals surface area contributed by atoms with Gasteiger partial charge in [0.25, 0.3) is 0 Å². The van der Waals surface area contributed by atoms with Gasteiger partial charge in [0.2, 0.25) is 0 Å². The smallest absolute Gasteiger partial charge is 1.00 e. The van der Waals surface area contributed by atoms with E-state index in [-0.39, 0.29) is 76.4 Å². The zero-order valence-corrected chi connectivity index (χ0v) is 17.0. The molecule has 0 atom stereocenters. The van der Waals surface area contributed by atoms with Crippen molar-refractivity contribution < 1.29 is 31.3 Å². The van der Waals surface area contributed by atoms with E-state index in [0.29, 0.717) is 0 Å². The molecule has 0 aliphatic heterocycles. The maximum Gasteiger partial charge on any atom is 2.00 e. The molecule has 0 bridgehead atoms. The molecule has 0 aromatic rings. The van der Waals surface area contributed by atoms with Crippen molar-refractivity contribution in [3.05, 3.63) is 0 Å². The molecule has 6 nitrogen and oxygen atoms in total. The molecule has 0 saturated carbocycles. The molecule has 0 saturated heterocycles. The van der Waals surface area contributed by atoms with Crippen LogP contribution in [0.1, 0.15) is 68.1 Å². The molecular weight excluding hydrogens is 359 g/mol. The average molecular weight is 391 g/mol. The van der Waals surface area contributed by atoms with Crippen molar-refractivity contribution in [1.29, 1.82) is 0 Å². The zero-order valence-electron chi connectivity index (χ0n) is 14.3. The molecule has 130 valence electrons. The van der Waals surface area contributed by atoms with E-state index < -0.39 is 10.4 Å². The third-order valence-electron chi connectivity index (χ3n) is 1.96. The van der Waals surface area contributed by atoms with E-state index in [4.69, 9.17) is 17.5 Å². The van der Waals surface area contributed by atoms with E-state index in [0.717, 1.165) is 0 Å². The van der Waals surface area contributed by atoms with Crippen molar-refractivity contribution in [3.63, 3.8) is 0 Å². The van der Waals surface area contributed by atoms with Crippen LogP contribution in [-0.4, -0.2) is 66.2 Å². The molecule has 0 spiro atoms. The first kappa shape index (κ1) is 43.0. The first-order valence-corrected chi connectivity index (χ1v) is 7.01. The van der Waals surface area contributed by atoms with Gasteiger partial charge < -0.3 is 13.8 Å². The number of hydrogen-bond donors (Lipinski definition) is 2. The van der Waals surface area contributed by atoms with Crippen molar-refractivity contribution in [2.45, 2.75) is 65.2 Å². The summed E-state index contributed by atoms with van der Waals surface area (Å²) >= 11 is 0. The monoisotopic (exact) mass is 390 g/mol. The molecule has 6 N–H and O–H groups in total. The van der Waals surface area contributed by atoms with Gasteiger partial charge in [-0.05, 0) is 0 Å². The fourth-order valence-corrected chi connectivity index (χ4v) is 1.21. The quantitative estimate of drug-likeness (QED) is 0.391. The Balaban J connectivity index is -0.0000000183. The molecular formula is C10H32CaCl2O6S. The second kappa shape index (κ2) is 32.5. The average Bonchev–Trinajstić information content (AvgIpc) is 2.08. The standard InChI is InChI=1S/C10H22.Ca.2ClH.H2O4S.2H2O.2H/c1-3-5-7-9-10-8-6-4-2;;;;1-5(2,3)4;;;;/h3-10H2,1-2H3;;2*1H;(H2,1,2,3,4);2*1H2;;/q;+2;;;;;;2*-1. The zero-order chi connectivity index (χ0) is 12.2.